The highest BCUT2D eigenvalue weighted by atomic mass is 16.4. The van der Waals surface area contributed by atoms with Crippen LogP contribution in [0.5, 0.6) is 0 Å². The minimum absolute atomic E-state index is 0.0846. The number of hydrogen-bond acceptors (Lipinski definition) is 3. The maximum atomic E-state index is 10.5. The predicted molar refractivity (Wildman–Crippen MR) is 72.1 cm³/mol. The van der Waals surface area contributed by atoms with Crippen LogP contribution in [0.4, 0.5) is 0 Å². The quantitative estimate of drug-likeness (QED) is 0.861. The molecule has 1 aromatic carbocycles. The molecule has 1 unspecified atom stereocenters. The van der Waals surface area contributed by atoms with Gasteiger partial charge in [0.2, 0.25) is 0 Å². The molecule has 100 valence electrons. The first-order valence-corrected chi connectivity index (χ1v) is 6.15. The summed E-state index contributed by atoms with van der Waals surface area (Å²) in [7, 11) is 0. The Labute approximate surface area is 111 Å². The number of carbonyl (C=O) groups is 1. The second-order valence-corrected chi connectivity index (χ2v) is 4.59. The number of rotatable bonds is 5. The minimum atomic E-state index is -0.820. The summed E-state index contributed by atoms with van der Waals surface area (Å²) in [6, 6.07) is 7.45. The molecule has 0 fully saturated rings. The molecule has 0 aliphatic heterocycles. The van der Waals surface area contributed by atoms with E-state index in [2.05, 4.69) is 5.10 Å². The van der Waals surface area contributed by atoms with E-state index in [0.29, 0.717) is 6.42 Å². The smallest absolute Gasteiger partial charge is 0.303 e. The highest BCUT2D eigenvalue weighted by Crippen LogP contribution is 2.18. The summed E-state index contributed by atoms with van der Waals surface area (Å²) in [5.41, 5.74) is 8.95. The number of carboxylic acids is 1. The molecule has 0 bridgehead atoms. The Morgan fingerprint density at radius 3 is 2.63 bits per heavy atom. The van der Waals surface area contributed by atoms with Crippen LogP contribution in [0.3, 0.4) is 0 Å². The van der Waals surface area contributed by atoms with Crippen LogP contribution < -0.4 is 5.73 Å². The first-order chi connectivity index (χ1) is 9.06. The molecule has 19 heavy (non-hydrogen) atoms. The van der Waals surface area contributed by atoms with Gasteiger partial charge in [0, 0.05) is 18.7 Å². The van der Waals surface area contributed by atoms with Crippen molar-refractivity contribution in [2.45, 2.75) is 25.8 Å². The average molecular weight is 259 g/mol. The van der Waals surface area contributed by atoms with Gasteiger partial charge in [-0.15, -0.1) is 0 Å². The normalized spacial score (nSPS) is 12.3. The predicted octanol–water partition coefficient (Wildman–Crippen LogP) is 2.05. The van der Waals surface area contributed by atoms with Crippen molar-refractivity contribution in [3.63, 3.8) is 0 Å². The Morgan fingerprint density at radius 1 is 1.42 bits per heavy atom. The summed E-state index contributed by atoms with van der Waals surface area (Å²) >= 11 is 0. The van der Waals surface area contributed by atoms with E-state index in [4.69, 9.17) is 10.8 Å². The number of carboxylic acid groups (broad SMARTS) is 1. The molecule has 3 N–H and O–H groups in total. The number of aromatic nitrogens is 2. The Kier molecular flexibility index (Phi) is 3.97. The van der Waals surface area contributed by atoms with Gasteiger partial charge < -0.3 is 10.8 Å². The molecule has 2 aromatic rings. The lowest BCUT2D eigenvalue weighted by molar-refractivity contribution is -0.137. The molecule has 2 rings (SSSR count). The maximum absolute atomic E-state index is 10.5. The van der Waals surface area contributed by atoms with Crippen LogP contribution in [0, 0.1) is 6.92 Å². The zero-order valence-corrected chi connectivity index (χ0v) is 10.8. The zero-order valence-electron chi connectivity index (χ0n) is 10.8. The number of aliphatic carboxylic acids is 1. The van der Waals surface area contributed by atoms with Crippen molar-refractivity contribution in [2.24, 2.45) is 5.73 Å². The van der Waals surface area contributed by atoms with Crippen molar-refractivity contribution >= 4 is 5.97 Å². The molecular formula is C14H17N3O2. The van der Waals surface area contributed by atoms with E-state index in [-0.39, 0.29) is 12.5 Å². The highest BCUT2D eigenvalue weighted by Gasteiger charge is 2.08. The van der Waals surface area contributed by atoms with Crippen molar-refractivity contribution in [2.75, 3.05) is 0 Å². The summed E-state index contributed by atoms with van der Waals surface area (Å²) in [6.45, 7) is 1.99. The fraction of sp³-hybridized carbons (Fsp3) is 0.286. The third-order valence-electron chi connectivity index (χ3n) is 2.97. The summed E-state index contributed by atoms with van der Waals surface area (Å²) in [4.78, 5) is 10.5. The van der Waals surface area contributed by atoms with E-state index < -0.39 is 5.97 Å². The third-order valence-corrected chi connectivity index (χ3v) is 2.97. The van der Waals surface area contributed by atoms with E-state index >= 15 is 0 Å². The summed E-state index contributed by atoms with van der Waals surface area (Å²) in [6.07, 6.45) is 4.27. The van der Waals surface area contributed by atoms with Gasteiger partial charge in [-0.1, -0.05) is 12.1 Å². The van der Waals surface area contributed by atoms with Crippen molar-refractivity contribution in [3.8, 4) is 5.69 Å². The van der Waals surface area contributed by atoms with E-state index in [0.717, 1.165) is 16.8 Å². The summed E-state index contributed by atoms with van der Waals surface area (Å²) < 4.78 is 1.79. The molecule has 1 heterocycles. The van der Waals surface area contributed by atoms with Gasteiger partial charge >= 0.3 is 5.97 Å². The second-order valence-electron chi connectivity index (χ2n) is 4.59. The second kappa shape index (κ2) is 5.67. The van der Waals surface area contributed by atoms with Gasteiger partial charge in [-0.3, -0.25) is 4.79 Å². The van der Waals surface area contributed by atoms with Crippen LogP contribution in [-0.2, 0) is 4.79 Å². The lowest BCUT2D eigenvalue weighted by Crippen LogP contribution is -2.12. The van der Waals surface area contributed by atoms with E-state index in [9.17, 15) is 4.79 Å². The van der Waals surface area contributed by atoms with Crippen molar-refractivity contribution in [3.05, 3.63) is 47.8 Å². The number of aryl methyl sites for hydroxylation is 1. The van der Waals surface area contributed by atoms with E-state index in [1.54, 1.807) is 10.9 Å². The fourth-order valence-electron chi connectivity index (χ4n) is 1.87. The Balaban J connectivity index is 2.07. The Morgan fingerprint density at radius 2 is 2.11 bits per heavy atom. The van der Waals surface area contributed by atoms with Crippen LogP contribution in [0.1, 0.15) is 30.0 Å². The number of nitrogens with zero attached hydrogens (tertiary/aromatic N) is 2. The van der Waals surface area contributed by atoms with Crippen LogP contribution >= 0.6 is 0 Å². The topological polar surface area (TPSA) is 81.1 Å². The molecule has 0 saturated carbocycles. The fourth-order valence-corrected chi connectivity index (χ4v) is 1.87. The molecule has 5 heteroatoms. The molecule has 0 aliphatic carbocycles. The highest BCUT2D eigenvalue weighted by molar-refractivity contribution is 5.66. The molecule has 0 amide bonds. The maximum Gasteiger partial charge on any atom is 0.303 e. The Bertz CT molecular complexity index is 560. The first kappa shape index (κ1) is 13.3. The van der Waals surface area contributed by atoms with E-state index in [1.165, 1.54) is 0 Å². The average Bonchev–Trinajstić information content (AvgIpc) is 2.83. The van der Waals surface area contributed by atoms with Crippen molar-refractivity contribution in [1.82, 2.24) is 9.78 Å². The van der Waals surface area contributed by atoms with Crippen LogP contribution in [0.2, 0.25) is 0 Å². The molecule has 1 aromatic heterocycles. The SMILES string of the molecule is Cc1cnn(-c2ccc(C(N)CCC(=O)O)cc2)c1. The molecular weight excluding hydrogens is 242 g/mol. The van der Waals surface area contributed by atoms with Gasteiger partial charge in [0.1, 0.15) is 0 Å². The monoisotopic (exact) mass is 259 g/mol. The first-order valence-electron chi connectivity index (χ1n) is 6.15. The zero-order chi connectivity index (χ0) is 13.8. The largest absolute Gasteiger partial charge is 0.481 e. The molecule has 5 nitrogen and oxygen atoms in total. The molecule has 1 atom stereocenters. The lowest BCUT2D eigenvalue weighted by Gasteiger charge is -2.11. The van der Waals surface area contributed by atoms with Crippen LogP contribution in [0.25, 0.3) is 5.69 Å². The Hall–Kier alpha value is -2.14. The van der Waals surface area contributed by atoms with Crippen LogP contribution in [0.15, 0.2) is 36.7 Å². The number of hydrogen-bond donors (Lipinski definition) is 2. The van der Waals surface area contributed by atoms with Crippen molar-refractivity contribution < 1.29 is 9.90 Å². The van der Waals surface area contributed by atoms with Gasteiger partial charge in [0.25, 0.3) is 0 Å². The lowest BCUT2D eigenvalue weighted by atomic mass is 10.0. The molecule has 0 radical (unpaired) electrons. The van der Waals surface area contributed by atoms with Gasteiger partial charge in [0.15, 0.2) is 0 Å². The van der Waals surface area contributed by atoms with Gasteiger partial charge in [-0.2, -0.15) is 5.10 Å². The van der Waals surface area contributed by atoms with E-state index in [1.807, 2.05) is 37.4 Å². The van der Waals surface area contributed by atoms with Gasteiger partial charge in [0.05, 0.1) is 11.9 Å². The van der Waals surface area contributed by atoms with Crippen molar-refractivity contribution in [1.29, 1.82) is 0 Å². The van der Waals surface area contributed by atoms with Gasteiger partial charge in [-0.25, -0.2) is 4.68 Å². The number of nitrogens with two attached hydrogens (primary N) is 1. The summed E-state index contributed by atoms with van der Waals surface area (Å²) in [5.74, 6) is -0.820. The third kappa shape index (κ3) is 3.42. The minimum Gasteiger partial charge on any atom is -0.481 e. The molecule has 0 aliphatic rings. The molecule has 0 spiro atoms. The standard InChI is InChI=1S/C14H17N3O2/c1-10-8-16-17(9-10)12-4-2-11(3-5-12)13(15)6-7-14(18)19/h2-5,8-9,13H,6-7,15H2,1H3,(H,18,19). The number of benzene rings is 1. The molecule has 0 saturated heterocycles. The van der Waals surface area contributed by atoms with Gasteiger partial charge in [-0.05, 0) is 36.6 Å². The summed E-state index contributed by atoms with van der Waals surface area (Å²) in [5, 5.41) is 12.9. The van der Waals surface area contributed by atoms with Crippen LogP contribution in [-0.4, -0.2) is 20.9 Å².